The van der Waals surface area contributed by atoms with Crippen LogP contribution in [0.3, 0.4) is 0 Å². The van der Waals surface area contributed by atoms with Gasteiger partial charge in [-0.3, -0.25) is 10.1 Å². The van der Waals surface area contributed by atoms with Crippen molar-refractivity contribution in [2.75, 3.05) is 25.0 Å². The van der Waals surface area contributed by atoms with E-state index in [9.17, 15) is 4.39 Å². The first-order valence-corrected chi connectivity index (χ1v) is 14.2. The van der Waals surface area contributed by atoms with Crippen LogP contribution in [0.1, 0.15) is 48.6 Å². The molecule has 7 heteroatoms. The van der Waals surface area contributed by atoms with Crippen molar-refractivity contribution in [3.8, 4) is 11.1 Å². The van der Waals surface area contributed by atoms with Crippen LogP contribution in [0.4, 0.5) is 10.2 Å². The summed E-state index contributed by atoms with van der Waals surface area (Å²) < 4.78 is 13.8. The molecule has 210 valence electrons. The van der Waals surface area contributed by atoms with Gasteiger partial charge in [0.2, 0.25) is 0 Å². The average Bonchev–Trinajstić information content (AvgIpc) is 3.62. The maximum absolute atomic E-state index is 13.8. The Balaban J connectivity index is 1.28. The zero-order valence-corrected chi connectivity index (χ0v) is 23.9. The number of nitrogens with one attached hydrogen (secondary N) is 2. The highest BCUT2D eigenvalue weighted by molar-refractivity contribution is 5.78. The van der Waals surface area contributed by atoms with Crippen LogP contribution in [0.2, 0.25) is 0 Å². The summed E-state index contributed by atoms with van der Waals surface area (Å²) in [5.41, 5.74) is 7.26. The fraction of sp³-hybridized carbons (Fsp3) is 0.265. The number of rotatable bonds is 10. The van der Waals surface area contributed by atoms with E-state index in [0.717, 1.165) is 57.8 Å². The minimum Gasteiger partial charge on any atom is -0.339 e. The Kier molecular flexibility index (Phi) is 8.85. The molecule has 2 N–H and O–H groups in total. The van der Waals surface area contributed by atoms with Gasteiger partial charge in [-0.15, -0.1) is 0 Å². The van der Waals surface area contributed by atoms with Gasteiger partial charge in [0.15, 0.2) is 0 Å². The number of H-pyrrole nitrogens is 1. The number of aryl methyl sites for hydroxylation is 1. The summed E-state index contributed by atoms with van der Waals surface area (Å²) in [6.07, 6.45) is 14.5. The van der Waals surface area contributed by atoms with Crippen molar-refractivity contribution in [3.63, 3.8) is 0 Å². The average molecular weight is 549 g/mol. The number of benzene rings is 1. The molecule has 6 nitrogen and oxygen atoms in total. The Morgan fingerprint density at radius 2 is 2.00 bits per heavy atom. The zero-order chi connectivity index (χ0) is 28.8. The Hall–Kier alpha value is -4.36. The predicted octanol–water partition coefficient (Wildman–Crippen LogP) is 5.72. The van der Waals surface area contributed by atoms with E-state index in [1.165, 1.54) is 43.6 Å². The minimum atomic E-state index is -0.277. The fourth-order valence-corrected chi connectivity index (χ4v) is 5.26. The third kappa shape index (κ3) is 6.87. The van der Waals surface area contributed by atoms with E-state index < -0.39 is 0 Å². The number of hydrogen-bond acceptors (Lipinski definition) is 5. The second kappa shape index (κ2) is 12.9. The molecule has 3 aromatic heterocycles. The first kappa shape index (κ1) is 28.2. The summed E-state index contributed by atoms with van der Waals surface area (Å²) in [5.74, 6) is 0.356. The molecule has 0 bridgehead atoms. The van der Waals surface area contributed by atoms with Gasteiger partial charge < -0.3 is 10.2 Å². The van der Waals surface area contributed by atoms with E-state index in [4.69, 9.17) is 0 Å². The molecule has 5 rings (SSSR count). The lowest BCUT2D eigenvalue weighted by Gasteiger charge is -2.14. The van der Waals surface area contributed by atoms with Crippen LogP contribution >= 0.6 is 0 Å². The van der Waals surface area contributed by atoms with Gasteiger partial charge in [0.05, 0.1) is 11.0 Å². The highest BCUT2D eigenvalue weighted by Crippen LogP contribution is 2.28. The zero-order valence-electron chi connectivity index (χ0n) is 23.9. The molecule has 0 amide bonds. The summed E-state index contributed by atoms with van der Waals surface area (Å²) in [4.78, 5) is 11.5. The number of likely N-dealkylation sites (tertiary alicyclic amines) is 1. The van der Waals surface area contributed by atoms with Crippen LogP contribution in [0.15, 0.2) is 67.6 Å². The lowest BCUT2D eigenvalue weighted by Crippen LogP contribution is -2.23. The van der Waals surface area contributed by atoms with E-state index in [1.807, 2.05) is 37.5 Å². The quantitative estimate of drug-likeness (QED) is 0.265. The molecule has 1 fully saturated rings. The molecule has 1 aromatic carbocycles. The molecule has 0 radical (unpaired) electrons. The van der Waals surface area contributed by atoms with E-state index >= 15 is 0 Å². The minimum absolute atomic E-state index is 0.277. The Labute approximate surface area is 241 Å². The van der Waals surface area contributed by atoms with E-state index in [2.05, 4.69) is 62.6 Å². The van der Waals surface area contributed by atoms with Crippen LogP contribution < -0.4 is 15.9 Å². The van der Waals surface area contributed by atoms with Crippen LogP contribution in [-0.4, -0.2) is 44.7 Å². The normalized spacial score (nSPS) is 14.5. The Morgan fingerprint density at radius 3 is 2.80 bits per heavy atom. The van der Waals surface area contributed by atoms with Gasteiger partial charge in [-0.1, -0.05) is 31.4 Å². The van der Waals surface area contributed by atoms with Crippen molar-refractivity contribution >= 4 is 29.7 Å². The topological polar surface area (TPSA) is 69.7 Å². The predicted molar refractivity (Wildman–Crippen MR) is 167 cm³/mol. The second-order valence-corrected chi connectivity index (χ2v) is 10.7. The van der Waals surface area contributed by atoms with Crippen molar-refractivity contribution in [1.29, 1.82) is 0 Å². The summed E-state index contributed by atoms with van der Waals surface area (Å²) in [5, 5.41) is 12.3. The smallest absolute Gasteiger partial charge is 0.133 e. The number of pyridine rings is 2. The molecule has 1 aliphatic heterocycles. The molecule has 4 heterocycles. The third-order valence-corrected chi connectivity index (χ3v) is 7.68. The molecular formula is C34H37FN6. The lowest BCUT2D eigenvalue weighted by atomic mass is 10.0. The molecule has 41 heavy (non-hydrogen) atoms. The first-order valence-electron chi connectivity index (χ1n) is 14.2. The van der Waals surface area contributed by atoms with Crippen LogP contribution in [0.25, 0.3) is 35.1 Å². The van der Waals surface area contributed by atoms with Crippen LogP contribution in [-0.2, 0) is 6.42 Å². The number of hydrogen-bond donors (Lipinski definition) is 2. The van der Waals surface area contributed by atoms with E-state index in [0.29, 0.717) is 17.2 Å². The van der Waals surface area contributed by atoms with Crippen LogP contribution in [0.5, 0.6) is 0 Å². The summed E-state index contributed by atoms with van der Waals surface area (Å²) >= 11 is 0. The SMILES string of the molecule is C=C(Nc1nccc(-c2cccc(F)c2)c1C)c1n[nH]/c(=C/C=C(\C)c2cncc(CCCN3CCCC3)c2)c1=C. The maximum Gasteiger partial charge on any atom is 0.133 e. The van der Waals surface area contributed by atoms with Crippen molar-refractivity contribution in [2.24, 2.45) is 0 Å². The standard InChI is InChI=1S/C34H37FN6/c1-23(29-19-27(21-36-22-29)9-8-18-41-16-5-6-17-41)12-13-32-25(3)33(40-39-32)26(4)38-34-24(2)31(14-15-37-34)28-10-7-11-30(35)20-28/h7,10-15,19-22,39H,3-6,8-9,16-18H2,1-2H3,(H,37,38)/b23-12+,32-13+. The Morgan fingerprint density at radius 1 is 1.17 bits per heavy atom. The summed E-state index contributed by atoms with van der Waals surface area (Å²) in [6.45, 7) is 16.1. The van der Waals surface area contributed by atoms with Gasteiger partial charge in [-0.2, -0.15) is 5.10 Å². The van der Waals surface area contributed by atoms with Gasteiger partial charge in [0.25, 0.3) is 0 Å². The molecule has 4 aromatic rings. The molecule has 0 saturated carbocycles. The number of nitrogens with zero attached hydrogens (tertiary/aromatic N) is 4. The second-order valence-electron chi connectivity index (χ2n) is 10.7. The van der Waals surface area contributed by atoms with Gasteiger partial charge in [-0.05, 0) is 123 Å². The van der Waals surface area contributed by atoms with Gasteiger partial charge >= 0.3 is 0 Å². The number of allylic oxidation sites excluding steroid dienone is 2. The largest absolute Gasteiger partial charge is 0.339 e. The van der Waals surface area contributed by atoms with Crippen molar-refractivity contribution in [3.05, 3.63) is 106 Å². The number of aromatic amines is 1. The first-order chi connectivity index (χ1) is 19.9. The number of aromatic nitrogens is 4. The van der Waals surface area contributed by atoms with Crippen LogP contribution in [0, 0.1) is 12.7 Å². The lowest BCUT2D eigenvalue weighted by molar-refractivity contribution is 0.334. The molecule has 1 saturated heterocycles. The summed E-state index contributed by atoms with van der Waals surface area (Å²) in [7, 11) is 0. The molecular weight excluding hydrogens is 511 g/mol. The van der Waals surface area contributed by atoms with Crippen molar-refractivity contribution in [2.45, 2.75) is 39.5 Å². The maximum atomic E-state index is 13.8. The molecule has 1 aliphatic rings. The van der Waals surface area contributed by atoms with Gasteiger partial charge in [0.1, 0.15) is 17.3 Å². The highest BCUT2D eigenvalue weighted by Gasteiger charge is 2.12. The molecule has 0 atom stereocenters. The monoisotopic (exact) mass is 548 g/mol. The fourth-order valence-electron chi connectivity index (χ4n) is 5.26. The van der Waals surface area contributed by atoms with Crippen molar-refractivity contribution in [1.82, 2.24) is 25.1 Å². The Bertz CT molecular complexity index is 1680. The highest BCUT2D eigenvalue weighted by atomic mass is 19.1. The van der Waals surface area contributed by atoms with E-state index in [1.54, 1.807) is 12.3 Å². The molecule has 0 aliphatic carbocycles. The van der Waals surface area contributed by atoms with E-state index in [-0.39, 0.29) is 5.82 Å². The molecule has 0 unspecified atom stereocenters. The molecule has 0 spiro atoms. The third-order valence-electron chi connectivity index (χ3n) is 7.68. The number of halogens is 1. The van der Waals surface area contributed by atoms with Gasteiger partial charge in [-0.25, -0.2) is 9.37 Å². The van der Waals surface area contributed by atoms with Gasteiger partial charge in [0, 0.05) is 23.8 Å². The van der Waals surface area contributed by atoms with Crippen molar-refractivity contribution < 1.29 is 4.39 Å². The summed E-state index contributed by atoms with van der Waals surface area (Å²) in [6, 6.07) is 10.6. The number of anilines is 1.